The third kappa shape index (κ3) is 4.94. The van der Waals surface area contributed by atoms with Crippen LogP contribution in [0.2, 0.25) is 0 Å². The molecule has 1 fully saturated rings. The number of hydrogen-bond donors (Lipinski definition) is 1. The lowest BCUT2D eigenvalue weighted by atomic mass is 10.1. The molecule has 1 aliphatic heterocycles. The summed E-state index contributed by atoms with van der Waals surface area (Å²) in [6.45, 7) is 2.76. The van der Waals surface area contributed by atoms with Gasteiger partial charge in [-0.2, -0.15) is 18.3 Å². The van der Waals surface area contributed by atoms with Crippen LogP contribution in [0.3, 0.4) is 0 Å². The van der Waals surface area contributed by atoms with Crippen molar-refractivity contribution < 1.29 is 23.1 Å². The normalized spacial score (nSPS) is 15.5. The molecule has 0 radical (unpaired) electrons. The third-order valence-electron chi connectivity index (χ3n) is 5.48. The Kier molecular flexibility index (Phi) is 6.18. The number of carbonyl (C=O) groups is 1. The minimum atomic E-state index is -4.35. The van der Waals surface area contributed by atoms with E-state index in [1.54, 1.807) is 4.90 Å². The van der Waals surface area contributed by atoms with Crippen LogP contribution in [-0.2, 0) is 12.7 Å². The summed E-state index contributed by atoms with van der Waals surface area (Å²) in [4.78, 5) is 16.7. The van der Waals surface area contributed by atoms with Gasteiger partial charge in [0.05, 0.1) is 17.4 Å². The van der Waals surface area contributed by atoms with E-state index >= 15 is 0 Å². The summed E-state index contributed by atoms with van der Waals surface area (Å²) in [5.41, 5.74) is 0.867. The molecule has 1 N–H and O–H groups in total. The van der Waals surface area contributed by atoms with Crippen LogP contribution in [0.25, 0.3) is 5.69 Å². The van der Waals surface area contributed by atoms with Crippen molar-refractivity contribution in [1.29, 1.82) is 0 Å². The molecule has 2 aromatic carbocycles. The molecule has 3 aromatic rings. The van der Waals surface area contributed by atoms with E-state index in [-0.39, 0.29) is 17.4 Å². The number of amides is 1. The van der Waals surface area contributed by atoms with E-state index in [0.29, 0.717) is 32.6 Å². The van der Waals surface area contributed by atoms with Crippen molar-refractivity contribution in [2.45, 2.75) is 19.1 Å². The standard InChI is InChI=1S/C23H23F3N4O2/c24-23(25,26)18-9-7-17(8-10-18)15-28-11-4-12-29(14-13-28)22(32)21-20(31)16-30(27-21)19-5-2-1-3-6-19/h1-3,5-10,16,31H,4,11-15H2. The van der Waals surface area contributed by atoms with Gasteiger partial charge in [-0.3, -0.25) is 9.69 Å². The van der Waals surface area contributed by atoms with Crippen LogP contribution in [0.4, 0.5) is 13.2 Å². The van der Waals surface area contributed by atoms with Gasteiger partial charge in [0.25, 0.3) is 5.91 Å². The van der Waals surface area contributed by atoms with E-state index < -0.39 is 11.7 Å². The summed E-state index contributed by atoms with van der Waals surface area (Å²) in [5, 5.41) is 14.5. The number of hydrogen-bond acceptors (Lipinski definition) is 4. The van der Waals surface area contributed by atoms with E-state index in [1.165, 1.54) is 23.0 Å². The number of nitrogens with zero attached hydrogens (tertiary/aromatic N) is 4. The second-order valence-corrected chi connectivity index (χ2v) is 7.76. The van der Waals surface area contributed by atoms with Gasteiger partial charge in [0.15, 0.2) is 11.4 Å². The number of rotatable bonds is 4. The molecule has 1 saturated heterocycles. The first kappa shape index (κ1) is 21.9. The lowest BCUT2D eigenvalue weighted by Crippen LogP contribution is -2.35. The van der Waals surface area contributed by atoms with Gasteiger partial charge in [-0.1, -0.05) is 30.3 Å². The van der Waals surface area contributed by atoms with Gasteiger partial charge in [0.1, 0.15) is 0 Å². The highest BCUT2D eigenvalue weighted by Gasteiger charge is 2.30. The summed E-state index contributed by atoms with van der Waals surface area (Å²) in [6.07, 6.45) is -2.22. The van der Waals surface area contributed by atoms with Crippen molar-refractivity contribution in [3.8, 4) is 11.4 Å². The van der Waals surface area contributed by atoms with E-state index in [4.69, 9.17) is 0 Å². The van der Waals surface area contributed by atoms with E-state index in [0.717, 1.165) is 29.9 Å². The molecule has 0 unspecified atom stereocenters. The molecular formula is C23H23F3N4O2. The van der Waals surface area contributed by atoms with Crippen molar-refractivity contribution in [2.24, 2.45) is 0 Å². The van der Waals surface area contributed by atoms with Crippen LogP contribution >= 0.6 is 0 Å². The van der Waals surface area contributed by atoms with E-state index in [1.807, 2.05) is 30.3 Å². The Balaban J connectivity index is 1.39. The molecule has 1 amide bonds. The molecule has 0 spiro atoms. The lowest BCUT2D eigenvalue weighted by Gasteiger charge is -2.21. The van der Waals surface area contributed by atoms with Gasteiger partial charge in [-0.25, -0.2) is 4.68 Å². The molecular weight excluding hydrogens is 421 g/mol. The molecule has 4 rings (SSSR count). The van der Waals surface area contributed by atoms with Crippen LogP contribution in [0.1, 0.15) is 28.0 Å². The second kappa shape index (κ2) is 9.04. The van der Waals surface area contributed by atoms with Crippen LogP contribution in [0.15, 0.2) is 60.8 Å². The average molecular weight is 444 g/mol. The fourth-order valence-electron chi connectivity index (χ4n) is 3.77. The van der Waals surface area contributed by atoms with Gasteiger partial charge < -0.3 is 10.0 Å². The van der Waals surface area contributed by atoms with Gasteiger partial charge in [0.2, 0.25) is 0 Å². The Morgan fingerprint density at radius 3 is 2.38 bits per heavy atom. The van der Waals surface area contributed by atoms with Crippen molar-refractivity contribution >= 4 is 5.91 Å². The molecule has 0 aliphatic carbocycles. The van der Waals surface area contributed by atoms with Crippen molar-refractivity contribution in [3.63, 3.8) is 0 Å². The molecule has 0 saturated carbocycles. The molecule has 9 heteroatoms. The van der Waals surface area contributed by atoms with Crippen LogP contribution in [0, 0.1) is 0 Å². The molecule has 168 valence electrons. The first-order valence-corrected chi connectivity index (χ1v) is 10.3. The molecule has 0 bridgehead atoms. The molecule has 2 heterocycles. The zero-order valence-electron chi connectivity index (χ0n) is 17.3. The maximum Gasteiger partial charge on any atom is 0.416 e. The Morgan fingerprint density at radius 2 is 1.69 bits per heavy atom. The molecule has 6 nitrogen and oxygen atoms in total. The summed E-state index contributed by atoms with van der Waals surface area (Å²) in [5.74, 6) is -0.515. The highest BCUT2D eigenvalue weighted by molar-refractivity contribution is 5.94. The Labute approximate surface area is 183 Å². The van der Waals surface area contributed by atoms with Crippen molar-refractivity contribution in [3.05, 3.63) is 77.6 Å². The summed E-state index contributed by atoms with van der Waals surface area (Å²) >= 11 is 0. The lowest BCUT2D eigenvalue weighted by molar-refractivity contribution is -0.137. The Bertz CT molecular complexity index is 1070. The zero-order chi connectivity index (χ0) is 22.7. The quantitative estimate of drug-likeness (QED) is 0.662. The van der Waals surface area contributed by atoms with Crippen molar-refractivity contribution in [1.82, 2.24) is 19.6 Å². The number of benzene rings is 2. The van der Waals surface area contributed by atoms with E-state index in [9.17, 15) is 23.1 Å². The van der Waals surface area contributed by atoms with Gasteiger partial charge in [-0.15, -0.1) is 0 Å². The molecule has 32 heavy (non-hydrogen) atoms. The van der Waals surface area contributed by atoms with Gasteiger partial charge >= 0.3 is 6.18 Å². The summed E-state index contributed by atoms with van der Waals surface area (Å²) in [7, 11) is 0. The summed E-state index contributed by atoms with van der Waals surface area (Å²) < 4.78 is 39.7. The minimum absolute atomic E-state index is 0.00467. The number of para-hydroxylation sites is 1. The highest BCUT2D eigenvalue weighted by Crippen LogP contribution is 2.29. The smallest absolute Gasteiger partial charge is 0.416 e. The molecule has 1 aliphatic rings. The van der Waals surface area contributed by atoms with Crippen molar-refractivity contribution in [2.75, 3.05) is 26.2 Å². The predicted molar refractivity (Wildman–Crippen MR) is 112 cm³/mol. The largest absolute Gasteiger partial charge is 0.504 e. The number of alkyl halides is 3. The van der Waals surface area contributed by atoms with Crippen LogP contribution < -0.4 is 0 Å². The number of aromatic nitrogens is 2. The average Bonchev–Trinajstić information content (AvgIpc) is 3.01. The highest BCUT2D eigenvalue weighted by atomic mass is 19.4. The number of aromatic hydroxyl groups is 1. The maximum atomic E-state index is 13.0. The minimum Gasteiger partial charge on any atom is -0.504 e. The monoisotopic (exact) mass is 444 g/mol. The fraction of sp³-hybridized carbons (Fsp3) is 0.304. The zero-order valence-corrected chi connectivity index (χ0v) is 17.3. The topological polar surface area (TPSA) is 61.6 Å². The maximum absolute atomic E-state index is 13.0. The van der Waals surface area contributed by atoms with Gasteiger partial charge in [0, 0.05) is 32.7 Å². The second-order valence-electron chi connectivity index (χ2n) is 7.76. The predicted octanol–water partition coefficient (Wildman–Crippen LogP) is 3.94. The fourth-order valence-corrected chi connectivity index (χ4v) is 3.77. The molecule has 1 aromatic heterocycles. The molecule has 0 atom stereocenters. The Hall–Kier alpha value is -3.33. The summed E-state index contributed by atoms with van der Waals surface area (Å²) in [6, 6.07) is 14.4. The van der Waals surface area contributed by atoms with Crippen LogP contribution in [-0.4, -0.2) is 56.8 Å². The SMILES string of the molecule is O=C(c1nn(-c2ccccc2)cc1O)N1CCCN(Cc2ccc(C(F)(F)F)cc2)CC1. The first-order valence-electron chi connectivity index (χ1n) is 10.3. The Morgan fingerprint density at radius 1 is 0.969 bits per heavy atom. The van der Waals surface area contributed by atoms with E-state index in [2.05, 4.69) is 10.00 Å². The number of carbonyl (C=O) groups excluding carboxylic acids is 1. The van der Waals surface area contributed by atoms with Gasteiger partial charge in [-0.05, 0) is 36.2 Å². The third-order valence-corrected chi connectivity index (χ3v) is 5.48. The number of halogens is 3. The van der Waals surface area contributed by atoms with Crippen LogP contribution in [0.5, 0.6) is 5.75 Å². The first-order chi connectivity index (χ1) is 15.3.